The number of allylic oxidation sites excluding steroid dienone is 3. The first-order chi connectivity index (χ1) is 8.25. The van der Waals surface area contributed by atoms with E-state index in [0.717, 1.165) is 23.4 Å². The van der Waals surface area contributed by atoms with E-state index in [1.807, 2.05) is 16.8 Å². The molecule has 0 atom stereocenters. The summed E-state index contributed by atoms with van der Waals surface area (Å²) in [6.45, 7) is 0.701. The van der Waals surface area contributed by atoms with E-state index in [1.165, 1.54) is 0 Å². The molecule has 1 aliphatic heterocycles. The second-order valence-electron chi connectivity index (χ2n) is 4.14. The molecule has 1 aromatic rings. The highest BCUT2D eigenvalue weighted by molar-refractivity contribution is 5.92. The number of rotatable bonds is 1. The van der Waals surface area contributed by atoms with Gasteiger partial charge in [0, 0.05) is 23.2 Å². The fraction of sp³-hybridized carbons (Fsp3) is 0.154. The third kappa shape index (κ3) is 1.58. The van der Waals surface area contributed by atoms with Gasteiger partial charge in [-0.25, -0.2) is 0 Å². The monoisotopic (exact) mass is 227 g/mol. The van der Waals surface area contributed by atoms with Gasteiger partial charge in [0.25, 0.3) is 5.91 Å². The molecule has 0 saturated heterocycles. The van der Waals surface area contributed by atoms with Crippen LogP contribution in [0.15, 0.2) is 41.6 Å². The minimum absolute atomic E-state index is 0.402. The maximum atomic E-state index is 11.3. The van der Waals surface area contributed by atoms with Crippen molar-refractivity contribution in [3.63, 3.8) is 0 Å². The highest BCUT2D eigenvalue weighted by Gasteiger charge is 2.16. The number of fused-ring (bicyclic) bond motifs is 2. The summed E-state index contributed by atoms with van der Waals surface area (Å²) in [5.74, 6) is -0.402. The molecule has 0 unspecified atom stereocenters. The summed E-state index contributed by atoms with van der Waals surface area (Å²) in [5.41, 5.74) is 9.11. The van der Waals surface area contributed by atoms with E-state index in [-0.39, 0.29) is 0 Å². The molecule has 3 N–H and O–H groups in total. The SMILES string of the molecule is NC(=O)c1ccc2n1C=C1C=CCC=C1NC2. The average molecular weight is 227 g/mol. The first-order valence-corrected chi connectivity index (χ1v) is 5.58. The topological polar surface area (TPSA) is 60.1 Å². The van der Waals surface area contributed by atoms with E-state index in [0.29, 0.717) is 12.2 Å². The lowest BCUT2D eigenvalue weighted by Gasteiger charge is -2.11. The van der Waals surface area contributed by atoms with Crippen molar-refractivity contribution in [2.24, 2.45) is 5.73 Å². The van der Waals surface area contributed by atoms with Crippen molar-refractivity contribution in [1.82, 2.24) is 9.88 Å². The number of carbonyl (C=O) groups excluding carboxylic acids is 1. The van der Waals surface area contributed by atoms with E-state index in [4.69, 9.17) is 5.73 Å². The number of aromatic nitrogens is 1. The zero-order valence-corrected chi connectivity index (χ0v) is 9.31. The van der Waals surface area contributed by atoms with Gasteiger partial charge in [0.05, 0.1) is 6.54 Å². The Kier molecular flexibility index (Phi) is 2.14. The Morgan fingerprint density at radius 1 is 1.41 bits per heavy atom. The Bertz CT molecular complexity index is 575. The van der Waals surface area contributed by atoms with Gasteiger partial charge >= 0.3 is 0 Å². The van der Waals surface area contributed by atoms with Crippen molar-refractivity contribution in [1.29, 1.82) is 0 Å². The number of hydrogen-bond acceptors (Lipinski definition) is 2. The van der Waals surface area contributed by atoms with Crippen LogP contribution >= 0.6 is 0 Å². The number of hydrogen-bond donors (Lipinski definition) is 2. The molecule has 0 saturated carbocycles. The number of nitrogens with one attached hydrogen (secondary N) is 1. The zero-order chi connectivity index (χ0) is 11.8. The van der Waals surface area contributed by atoms with Gasteiger partial charge < -0.3 is 15.6 Å². The summed E-state index contributed by atoms with van der Waals surface area (Å²) in [7, 11) is 0. The molecule has 0 fully saturated rings. The smallest absolute Gasteiger partial charge is 0.265 e. The van der Waals surface area contributed by atoms with Crippen LogP contribution in [0.2, 0.25) is 0 Å². The minimum atomic E-state index is -0.402. The van der Waals surface area contributed by atoms with Gasteiger partial charge in [-0.2, -0.15) is 0 Å². The molecule has 2 aliphatic rings. The number of nitrogens with zero attached hydrogens (tertiary/aromatic N) is 1. The van der Waals surface area contributed by atoms with Crippen LogP contribution in [-0.2, 0) is 6.54 Å². The van der Waals surface area contributed by atoms with Crippen LogP contribution in [0.5, 0.6) is 0 Å². The van der Waals surface area contributed by atoms with Crippen molar-refractivity contribution in [3.8, 4) is 0 Å². The van der Waals surface area contributed by atoms with Crippen LogP contribution in [-0.4, -0.2) is 10.5 Å². The van der Waals surface area contributed by atoms with E-state index in [1.54, 1.807) is 6.07 Å². The van der Waals surface area contributed by atoms with Gasteiger partial charge in [-0.15, -0.1) is 0 Å². The van der Waals surface area contributed by atoms with Crippen LogP contribution in [0.25, 0.3) is 6.20 Å². The predicted molar refractivity (Wildman–Crippen MR) is 65.9 cm³/mol. The van der Waals surface area contributed by atoms with Crippen LogP contribution in [0.1, 0.15) is 22.6 Å². The quantitative estimate of drug-likeness (QED) is 0.761. The van der Waals surface area contributed by atoms with Gasteiger partial charge in [0.2, 0.25) is 0 Å². The van der Waals surface area contributed by atoms with Crippen molar-refractivity contribution in [3.05, 3.63) is 53.0 Å². The van der Waals surface area contributed by atoms with E-state index < -0.39 is 5.91 Å². The molecular weight excluding hydrogens is 214 g/mol. The number of amides is 1. The van der Waals surface area contributed by atoms with E-state index >= 15 is 0 Å². The van der Waals surface area contributed by atoms with Gasteiger partial charge in [0.1, 0.15) is 5.69 Å². The Balaban J connectivity index is 2.15. The van der Waals surface area contributed by atoms with Crippen molar-refractivity contribution < 1.29 is 4.79 Å². The van der Waals surface area contributed by atoms with Gasteiger partial charge in [-0.3, -0.25) is 4.79 Å². The summed E-state index contributed by atoms with van der Waals surface area (Å²) in [6.07, 6.45) is 9.19. The van der Waals surface area contributed by atoms with Gasteiger partial charge in [-0.1, -0.05) is 18.2 Å². The highest BCUT2D eigenvalue weighted by Crippen LogP contribution is 2.22. The molecule has 3 rings (SSSR count). The summed E-state index contributed by atoms with van der Waals surface area (Å²) < 4.78 is 1.86. The highest BCUT2D eigenvalue weighted by atomic mass is 16.1. The molecule has 17 heavy (non-hydrogen) atoms. The lowest BCUT2D eigenvalue weighted by molar-refractivity contribution is 0.0994. The Hall–Kier alpha value is -2.23. The van der Waals surface area contributed by atoms with Gasteiger partial charge in [-0.05, 0) is 18.6 Å². The maximum absolute atomic E-state index is 11.3. The Morgan fingerprint density at radius 2 is 2.29 bits per heavy atom. The van der Waals surface area contributed by atoms with Gasteiger partial charge in [0.15, 0.2) is 0 Å². The second kappa shape index (κ2) is 3.66. The first kappa shape index (κ1) is 9.96. The molecule has 1 amide bonds. The van der Waals surface area contributed by atoms with Crippen molar-refractivity contribution in [2.75, 3.05) is 0 Å². The maximum Gasteiger partial charge on any atom is 0.265 e. The normalized spacial score (nSPS) is 17.2. The summed E-state index contributed by atoms with van der Waals surface area (Å²) in [4.78, 5) is 11.3. The molecule has 0 bridgehead atoms. The second-order valence-corrected chi connectivity index (χ2v) is 4.14. The standard InChI is InChI=1S/C13H13N3O/c14-13(17)12-6-5-10-7-15-11-4-2-1-3-9(11)8-16(10)12/h1,3-6,8,15H,2,7H2,(H2,14,17). The molecule has 0 spiro atoms. The summed E-state index contributed by atoms with van der Waals surface area (Å²) in [5, 5.41) is 3.36. The largest absolute Gasteiger partial charge is 0.379 e. The van der Waals surface area contributed by atoms with Crippen LogP contribution in [0, 0.1) is 0 Å². The summed E-state index contributed by atoms with van der Waals surface area (Å²) in [6, 6.07) is 3.68. The van der Waals surface area contributed by atoms with Crippen molar-refractivity contribution in [2.45, 2.75) is 13.0 Å². The summed E-state index contributed by atoms with van der Waals surface area (Å²) >= 11 is 0. The molecule has 1 aromatic heterocycles. The molecule has 2 heterocycles. The van der Waals surface area contributed by atoms with E-state index in [9.17, 15) is 4.79 Å². The fourth-order valence-electron chi connectivity index (χ4n) is 2.19. The average Bonchev–Trinajstić information content (AvgIpc) is 2.63. The fourth-order valence-corrected chi connectivity index (χ4v) is 2.19. The predicted octanol–water partition coefficient (Wildman–Crippen LogP) is 1.37. The molecule has 0 aromatic carbocycles. The Morgan fingerprint density at radius 3 is 3.12 bits per heavy atom. The van der Waals surface area contributed by atoms with Crippen LogP contribution < -0.4 is 11.1 Å². The van der Waals surface area contributed by atoms with Crippen LogP contribution in [0.4, 0.5) is 0 Å². The van der Waals surface area contributed by atoms with E-state index in [2.05, 4.69) is 23.5 Å². The number of nitrogens with two attached hydrogens (primary N) is 1. The first-order valence-electron chi connectivity index (χ1n) is 5.58. The molecule has 4 heteroatoms. The minimum Gasteiger partial charge on any atom is -0.379 e. The molecule has 4 nitrogen and oxygen atoms in total. The lowest BCUT2D eigenvalue weighted by Crippen LogP contribution is -2.16. The van der Waals surface area contributed by atoms with Crippen LogP contribution in [0.3, 0.4) is 0 Å². The molecular formula is C13H13N3O. The number of carbonyl (C=O) groups is 1. The Labute approximate surface area is 99.1 Å². The van der Waals surface area contributed by atoms with Crippen molar-refractivity contribution >= 4 is 12.1 Å². The molecule has 1 aliphatic carbocycles. The lowest BCUT2D eigenvalue weighted by atomic mass is 10.1. The molecule has 86 valence electrons. The third-order valence-electron chi connectivity index (χ3n) is 3.05. The zero-order valence-electron chi connectivity index (χ0n) is 9.31. The molecule has 0 radical (unpaired) electrons. The number of primary amides is 1. The third-order valence-corrected chi connectivity index (χ3v) is 3.05.